The summed E-state index contributed by atoms with van der Waals surface area (Å²) in [7, 11) is 0. The third-order valence-corrected chi connectivity index (χ3v) is 5.69. The zero-order valence-electron chi connectivity index (χ0n) is 14.1. The van der Waals surface area contributed by atoms with Crippen molar-refractivity contribution in [2.24, 2.45) is 0 Å². The highest BCUT2D eigenvalue weighted by atomic mass is 32.1. The van der Waals surface area contributed by atoms with Crippen LogP contribution in [-0.2, 0) is 17.8 Å². The number of hydrogen-bond donors (Lipinski definition) is 1. The van der Waals surface area contributed by atoms with Crippen molar-refractivity contribution in [3.63, 3.8) is 0 Å². The zero-order chi connectivity index (χ0) is 16.4. The molecule has 0 aliphatic carbocycles. The molecule has 1 aromatic carbocycles. The third-order valence-electron chi connectivity index (χ3n) is 4.66. The fourth-order valence-corrected chi connectivity index (χ4v) is 3.94. The van der Waals surface area contributed by atoms with E-state index in [-0.39, 0.29) is 11.9 Å². The largest absolute Gasteiger partial charge is 0.348 e. The molecule has 2 aromatic rings. The van der Waals surface area contributed by atoms with Crippen LogP contribution in [-0.4, -0.2) is 23.9 Å². The Hall–Kier alpha value is -1.65. The highest BCUT2D eigenvalue weighted by Crippen LogP contribution is 2.23. The van der Waals surface area contributed by atoms with Gasteiger partial charge in [0.1, 0.15) is 0 Å². The molecule has 4 heteroatoms. The summed E-state index contributed by atoms with van der Waals surface area (Å²) in [5.41, 5.74) is 5.10. The van der Waals surface area contributed by atoms with Gasteiger partial charge in [0.15, 0.2) is 0 Å². The molecule has 1 atom stereocenters. The van der Waals surface area contributed by atoms with Crippen LogP contribution in [0.1, 0.15) is 40.1 Å². The van der Waals surface area contributed by atoms with E-state index >= 15 is 0 Å². The van der Waals surface area contributed by atoms with Gasteiger partial charge in [-0.2, -0.15) is 0 Å². The van der Waals surface area contributed by atoms with Gasteiger partial charge in [-0.1, -0.05) is 18.2 Å². The standard InChI is InChI=1S/C19H24N2OS/c1-13-4-5-16(10-14(13)2)15(3)20-19(22)12-21-8-6-18-17(11-21)7-9-23-18/h4-5,7,9-10,15H,6,8,11-12H2,1-3H3,(H,20,22)/t15-/m0/s1. The van der Waals surface area contributed by atoms with Gasteiger partial charge < -0.3 is 5.32 Å². The molecule has 0 radical (unpaired) electrons. The van der Waals surface area contributed by atoms with Gasteiger partial charge in [0.2, 0.25) is 5.91 Å². The molecule has 2 heterocycles. The van der Waals surface area contributed by atoms with Crippen molar-refractivity contribution in [2.75, 3.05) is 13.1 Å². The predicted octanol–water partition coefficient (Wildman–Crippen LogP) is 3.60. The number of hydrogen-bond acceptors (Lipinski definition) is 3. The van der Waals surface area contributed by atoms with E-state index in [9.17, 15) is 4.79 Å². The van der Waals surface area contributed by atoms with Crippen LogP contribution < -0.4 is 5.32 Å². The zero-order valence-corrected chi connectivity index (χ0v) is 14.9. The number of fused-ring (bicyclic) bond motifs is 1. The van der Waals surface area contributed by atoms with Crippen molar-refractivity contribution >= 4 is 17.2 Å². The summed E-state index contributed by atoms with van der Waals surface area (Å²) in [4.78, 5) is 16.1. The second-order valence-corrected chi connectivity index (χ2v) is 7.46. The van der Waals surface area contributed by atoms with Gasteiger partial charge in [0.05, 0.1) is 12.6 Å². The van der Waals surface area contributed by atoms with E-state index in [1.807, 2.05) is 11.3 Å². The summed E-state index contributed by atoms with van der Waals surface area (Å²) >= 11 is 1.83. The van der Waals surface area contributed by atoms with Crippen LogP contribution >= 0.6 is 11.3 Å². The number of carbonyl (C=O) groups is 1. The molecule has 1 amide bonds. The molecule has 1 aliphatic heterocycles. The number of nitrogens with one attached hydrogen (secondary N) is 1. The minimum Gasteiger partial charge on any atom is -0.348 e. The van der Waals surface area contributed by atoms with Crippen LogP contribution in [0.25, 0.3) is 0 Å². The molecule has 0 saturated carbocycles. The Morgan fingerprint density at radius 2 is 2.13 bits per heavy atom. The SMILES string of the molecule is Cc1ccc([C@H](C)NC(=O)CN2CCc3sccc3C2)cc1C. The lowest BCUT2D eigenvalue weighted by Crippen LogP contribution is -2.40. The van der Waals surface area contributed by atoms with Gasteiger partial charge >= 0.3 is 0 Å². The lowest BCUT2D eigenvalue weighted by atomic mass is 10.0. The lowest BCUT2D eigenvalue weighted by Gasteiger charge is -2.27. The minimum atomic E-state index is 0.0447. The molecule has 0 bridgehead atoms. The fraction of sp³-hybridized carbons (Fsp3) is 0.421. The second kappa shape index (κ2) is 6.85. The van der Waals surface area contributed by atoms with E-state index in [1.54, 1.807) is 0 Å². The molecule has 0 saturated heterocycles. The van der Waals surface area contributed by atoms with Crippen LogP contribution in [0.3, 0.4) is 0 Å². The van der Waals surface area contributed by atoms with Gasteiger partial charge in [-0.25, -0.2) is 0 Å². The topological polar surface area (TPSA) is 32.3 Å². The van der Waals surface area contributed by atoms with Gasteiger partial charge in [0.25, 0.3) is 0 Å². The summed E-state index contributed by atoms with van der Waals surface area (Å²) in [6.07, 6.45) is 1.06. The van der Waals surface area contributed by atoms with Gasteiger partial charge in [0, 0.05) is 18.0 Å². The first-order valence-corrected chi connectivity index (χ1v) is 9.05. The van der Waals surface area contributed by atoms with Crippen molar-refractivity contribution in [1.82, 2.24) is 10.2 Å². The van der Waals surface area contributed by atoms with Crippen molar-refractivity contribution in [1.29, 1.82) is 0 Å². The summed E-state index contributed by atoms with van der Waals surface area (Å²) in [6.45, 7) is 8.61. The van der Waals surface area contributed by atoms with E-state index in [0.29, 0.717) is 6.54 Å². The van der Waals surface area contributed by atoms with E-state index < -0.39 is 0 Å². The molecule has 0 unspecified atom stereocenters. The van der Waals surface area contributed by atoms with Crippen LogP contribution in [0.5, 0.6) is 0 Å². The average molecular weight is 328 g/mol. The highest BCUT2D eigenvalue weighted by molar-refractivity contribution is 7.10. The molecule has 0 fully saturated rings. The van der Waals surface area contributed by atoms with Crippen LogP contribution in [0.4, 0.5) is 0 Å². The molecule has 1 aromatic heterocycles. The summed E-state index contributed by atoms with van der Waals surface area (Å²) in [5, 5.41) is 5.28. The highest BCUT2D eigenvalue weighted by Gasteiger charge is 2.20. The Balaban J connectivity index is 1.56. The van der Waals surface area contributed by atoms with Gasteiger partial charge in [-0.05, 0) is 60.9 Å². The van der Waals surface area contributed by atoms with Crippen molar-refractivity contribution < 1.29 is 4.79 Å². The Bertz CT molecular complexity index is 707. The molecule has 122 valence electrons. The number of nitrogens with zero attached hydrogens (tertiary/aromatic N) is 1. The van der Waals surface area contributed by atoms with Crippen LogP contribution in [0, 0.1) is 13.8 Å². The molecule has 1 aliphatic rings. The number of thiophene rings is 1. The third kappa shape index (κ3) is 3.82. The summed E-state index contributed by atoms with van der Waals surface area (Å²) in [6, 6.07) is 8.62. The van der Waals surface area contributed by atoms with E-state index in [1.165, 1.54) is 27.1 Å². The Morgan fingerprint density at radius 1 is 1.30 bits per heavy atom. The van der Waals surface area contributed by atoms with Gasteiger partial charge in [-0.3, -0.25) is 9.69 Å². The Kier molecular flexibility index (Phi) is 4.83. The molecule has 3 rings (SSSR count). The van der Waals surface area contributed by atoms with Gasteiger partial charge in [-0.15, -0.1) is 11.3 Å². The molecule has 3 nitrogen and oxygen atoms in total. The Morgan fingerprint density at radius 3 is 2.91 bits per heavy atom. The summed E-state index contributed by atoms with van der Waals surface area (Å²) in [5.74, 6) is 0.106. The van der Waals surface area contributed by atoms with E-state index in [0.717, 1.165) is 19.5 Å². The first-order chi connectivity index (χ1) is 11.0. The second-order valence-electron chi connectivity index (χ2n) is 6.46. The molecule has 1 N–H and O–H groups in total. The number of benzene rings is 1. The molecule has 0 spiro atoms. The first kappa shape index (κ1) is 16.2. The number of carbonyl (C=O) groups excluding carboxylic acids is 1. The van der Waals surface area contributed by atoms with Crippen molar-refractivity contribution in [3.05, 3.63) is 56.8 Å². The Labute approximate surface area is 142 Å². The molecular formula is C19H24N2OS. The fourth-order valence-electron chi connectivity index (χ4n) is 3.05. The average Bonchev–Trinajstić information content (AvgIpc) is 2.97. The minimum absolute atomic E-state index is 0.0447. The number of rotatable bonds is 4. The van der Waals surface area contributed by atoms with Crippen LogP contribution in [0.2, 0.25) is 0 Å². The monoisotopic (exact) mass is 328 g/mol. The molecule has 23 heavy (non-hydrogen) atoms. The van der Waals surface area contributed by atoms with E-state index in [2.05, 4.69) is 60.6 Å². The quantitative estimate of drug-likeness (QED) is 0.930. The maximum atomic E-state index is 12.3. The number of aryl methyl sites for hydroxylation is 2. The van der Waals surface area contributed by atoms with E-state index in [4.69, 9.17) is 0 Å². The van der Waals surface area contributed by atoms with Crippen LogP contribution in [0.15, 0.2) is 29.6 Å². The van der Waals surface area contributed by atoms with Crippen molar-refractivity contribution in [2.45, 2.75) is 39.8 Å². The normalized spacial score (nSPS) is 16.0. The van der Waals surface area contributed by atoms with Crippen molar-refractivity contribution in [3.8, 4) is 0 Å². The molecular weight excluding hydrogens is 304 g/mol. The smallest absolute Gasteiger partial charge is 0.234 e. The number of amides is 1. The lowest BCUT2D eigenvalue weighted by molar-refractivity contribution is -0.123. The maximum absolute atomic E-state index is 12.3. The predicted molar refractivity (Wildman–Crippen MR) is 95.8 cm³/mol. The summed E-state index contributed by atoms with van der Waals surface area (Å²) < 4.78 is 0. The first-order valence-electron chi connectivity index (χ1n) is 8.17. The maximum Gasteiger partial charge on any atom is 0.234 e.